The smallest absolute Gasteiger partial charge is 0.257 e. The van der Waals surface area contributed by atoms with Gasteiger partial charge in [-0.1, -0.05) is 13.0 Å². The van der Waals surface area contributed by atoms with Crippen LogP contribution in [-0.4, -0.2) is 72.1 Å². The van der Waals surface area contributed by atoms with Gasteiger partial charge in [0.05, 0.1) is 13.7 Å². The zero-order valence-corrected chi connectivity index (χ0v) is 17.6. The van der Waals surface area contributed by atoms with Crippen LogP contribution in [0.25, 0.3) is 0 Å². The van der Waals surface area contributed by atoms with E-state index >= 15 is 0 Å². The topological polar surface area (TPSA) is 88.2 Å². The third-order valence-electron chi connectivity index (χ3n) is 6.22. The van der Waals surface area contributed by atoms with Crippen LogP contribution in [0.15, 0.2) is 24.3 Å². The molecular weight excluding hydrogens is 386 g/mol. The number of rotatable bonds is 5. The van der Waals surface area contributed by atoms with E-state index in [2.05, 4.69) is 5.32 Å². The third-order valence-corrected chi connectivity index (χ3v) is 6.22. The summed E-state index contributed by atoms with van der Waals surface area (Å²) in [5.74, 6) is 0.254. The van der Waals surface area contributed by atoms with Crippen LogP contribution in [0.3, 0.4) is 0 Å². The Morgan fingerprint density at radius 3 is 2.60 bits per heavy atom. The number of hydrogen-bond acceptors (Lipinski definition) is 5. The van der Waals surface area contributed by atoms with Crippen LogP contribution in [0.2, 0.25) is 0 Å². The zero-order valence-electron chi connectivity index (χ0n) is 17.6. The van der Waals surface area contributed by atoms with Gasteiger partial charge in [-0.05, 0) is 31.0 Å². The molecule has 3 amide bonds. The SMILES string of the molecule is CCC(=O)N1CCC2(CC1)OC[C@H](C(=O)NC1CC1)N2C(=O)c1cccc(OC)c1. The van der Waals surface area contributed by atoms with E-state index in [1.165, 1.54) is 0 Å². The molecule has 3 aliphatic rings. The van der Waals surface area contributed by atoms with Crippen molar-refractivity contribution in [1.82, 2.24) is 15.1 Å². The summed E-state index contributed by atoms with van der Waals surface area (Å²) < 4.78 is 11.4. The lowest BCUT2D eigenvalue weighted by atomic mass is 9.96. The van der Waals surface area contributed by atoms with Gasteiger partial charge in [-0.25, -0.2) is 0 Å². The minimum Gasteiger partial charge on any atom is -0.497 e. The van der Waals surface area contributed by atoms with Gasteiger partial charge < -0.3 is 19.7 Å². The maximum Gasteiger partial charge on any atom is 0.257 e. The van der Waals surface area contributed by atoms with Crippen molar-refractivity contribution in [2.24, 2.45) is 0 Å². The second-order valence-electron chi connectivity index (χ2n) is 8.20. The lowest BCUT2D eigenvalue weighted by Crippen LogP contribution is -2.60. The van der Waals surface area contributed by atoms with Gasteiger partial charge in [0.15, 0.2) is 0 Å². The van der Waals surface area contributed by atoms with Crippen LogP contribution in [0, 0.1) is 0 Å². The maximum absolute atomic E-state index is 13.6. The first-order valence-corrected chi connectivity index (χ1v) is 10.7. The number of methoxy groups -OCH3 is 1. The summed E-state index contributed by atoms with van der Waals surface area (Å²) in [5, 5.41) is 3.01. The summed E-state index contributed by atoms with van der Waals surface area (Å²) in [6.07, 6.45) is 3.38. The Morgan fingerprint density at radius 1 is 1.23 bits per heavy atom. The molecule has 1 spiro atoms. The second kappa shape index (κ2) is 8.26. The summed E-state index contributed by atoms with van der Waals surface area (Å²) in [4.78, 5) is 42.1. The molecule has 3 fully saturated rings. The molecule has 1 atom stereocenters. The van der Waals surface area contributed by atoms with Crippen LogP contribution in [-0.2, 0) is 14.3 Å². The Labute approximate surface area is 176 Å². The number of benzene rings is 1. The average Bonchev–Trinajstić information content (AvgIpc) is 3.52. The number of nitrogens with zero attached hydrogens (tertiary/aromatic N) is 2. The number of likely N-dealkylation sites (tertiary alicyclic amines) is 1. The van der Waals surface area contributed by atoms with Gasteiger partial charge in [0.2, 0.25) is 11.8 Å². The van der Waals surface area contributed by atoms with E-state index in [9.17, 15) is 14.4 Å². The van der Waals surface area contributed by atoms with E-state index in [0.717, 1.165) is 12.8 Å². The van der Waals surface area contributed by atoms with Crippen molar-refractivity contribution in [2.45, 2.75) is 56.8 Å². The highest BCUT2D eigenvalue weighted by atomic mass is 16.5. The number of ether oxygens (including phenoxy) is 2. The van der Waals surface area contributed by atoms with Crippen LogP contribution in [0.1, 0.15) is 49.4 Å². The van der Waals surface area contributed by atoms with Crippen LogP contribution in [0.5, 0.6) is 5.75 Å². The number of carbonyl (C=O) groups is 3. The van der Waals surface area contributed by atoms with Gasteiger partial charge in [-0.2, -0.15) is 0 Å². The normalized spacial score (nSPS) is 22.8. The fourth-order valence-corrected chi connectivity index (χ4v) is 4.32. The molecular formula is C22H29N3O5. The fraction of sp³-hybridized carbons (Fsp3) is 0.591. The van der Waals surface area contributed by atoms with Gasteiger partial charge in [0, 0.05) is 44.0 Å². The Kier molecular flexibility index (Phi) is 5.69. The summed E-state index contributed by atoms with van der Waals surface area (Å²) in [6.45, 7) is 3.02. The molecule has 1 aromatic rings. The van der Waals surface area contributed by atoms with Crippen molar-refractivity contribution in [2.75, 3.05) is 26.8 Å². The molecule has 1 aliphatic carbocycles. The Morgan fingerprint density at radius 2 is 1.97 bits per heavy atom. The number of piperidine rings is 1. The van der Waals surface area contributed by atoms with Crippen LogP contribution in [0.4, 0.5) is 0 Å². The molecule has 0 radical (unpaired) electrons. The molecule has 1 saturated carbocycles. The molecule has 0 aromatic heterocycles. The van der Waals surface area contributed by atoms with E-state index in [0.29, 0.717) is 43.7 Å². The molecule has 2 aliphatic heterocycles. The summed E-state index contributed by atoms with van der Waals surface area (Å²) in [6, 6.07) is 6.46. The van der Waals surface area contributed by atoms with Crippen molar-refractivity contribution >= 4 is 17.7 Å². The minimum atomic E-state index is -0.879. The predicted octanol–water partition coefficient (Wildman–Crippen LogP) is 1.54. The first-order chi connectivity index (χ1) is 14.5. The standard InChI is InChI=1S/C22H29N3O5/c1-3-19(26)24-11-9-22(10-12-24)25(18(14-30-22)20(27)23-16-7-8-16)21(28)15-5-4-6-17(13-15)29-2/h4-6,13,16,18H,3,7-12,14H2,1-2H3,(H,23,27)/t18-/m1/s1. The summed E-state index contributed by atoms with van der Waals surface area (Å²) in [7, 11) is 1.55. The van der Waals surface area contributed by atoms with Gasteiger partial charge >= 0.3 is 0 Å². The molecule has 8 heteroatoms. The first-order valence-electron chi connectivity index (χ1n) is 10.7. The van der Waals surface area contributed by atoms with Gasteiger partial charge in [-0.15, -0.1) is 0 Å². The number of nitrogens with one attached hydrogen (secondary N) is 1. The Balaban J connectivity index is 1.61. The Hall–Kier alpha value is -2.61. The van der Waals surface area contributed by atoms with Crippen LogP contribution < -0.4 is 10.1 Å². The van der Waals surface area contributed by atoms with Crippen LogP contribution >= 0.6 is 0 Å². The molecule has 162 valence electrons. The second-order valence-corrected chi connectivity index (χ2v) is 8.20. The van der Waals surface area contributed by atoms with E-state index in [1.807, 2.05) is 6.92 Å². The maximum atomic E-state index is 13.6. The lowest BCUT2D eigenvalue weighted by molar-refractivity contribution is -0.143. The zero-order chi connectivity index (χ0) is 21.3. The van der Waals surface area contributed by atoms with Crippen molar-refractivity contribution < 1.29 is 23.9 Å². The molecule has 8 nitrogen and oxygen atoms in total. The lowest BCUT2D eigenvalue weighted by Gasteiger charge is -2.44. The van der Waals surface area contributed by atoms with Gasteiger partial charge in [0.1, 0.15) is 17.5 Å². The molecule has 4 rings (SSSR count). The number of hydrogen-bond donors (Lipinski definition) is 1. The average molecular weight is 415 g/mol. The van der Waals surface area contributed by atoms with Gasteiger partial charge in [0.25, 0.3) is 5.91 Å². The van der Waals surface area contributed by atoms with E-state index < -0.39 is 11.8 Å². The van der Waals surface area contributed by atoms with E-state index in [4.69, 9.17) is 9.47 Å². The highest BCUT2D eigenvalue weighted by Gasteiger charge is 2.54. The third kappa shape index (κ3) is 3.88. The molecule has 2 heterocycles. The fourth-order valence-electron chi connectivity index (χ4n) is 4.32. The highest BCUT2D eigenvalue weighted by Crippen LogP contribution is 2.39. The van der Waals surface area contributed by atoms with Gasteiger partial charge in [-0.3, -0.25) is 19.3 Å². The molecule has 30 heavy (non-hydrogen) atoms. The Bertz CT molecular complexity index is 830. The minimum absolute atomic E-state index is 0.0940. The largest absolute Gasteiger partial charge is 0.497 e. The highest BCUT2D eigenvalue weighted by molar-refractivity contribution is 5.99. The predicted molar refractivity (Wildman–Crippen MR) is 109 cm³/mol. The molecule has 0 unspecified atom stereocenters. The number of amides is 3. The summed E-state index contributed by atoms with van der Waals surface area (Å²) in [5.41, 5.74) is -0.425. The van der Waals surface area contributed by atoms with E-state index in [-0.39, 0.29) is 30.4 Å². The molecule has 1 N–H and O–H groups in total. The number of carbonyl (C=O) groups excluding carboxylic acids is 3. The monoisotopic (exact) mass is 415 g/mol. The van der Waals surface area contributed by atoms with Crippen molar-refractivity contribution in [3.05, 3.63) is 29.8 Å². The summed E-state index contributed by atoms with van der Waals surface area (Å²) >= 11 is 0. The first kappa shape index (κ1) is 20.7. The molecule has 0 bridgehead atoms. The molecule has 1 aromatic carbocycles. The quantitative estimate of drug-likeness (QED) is 0.788. The van der Waals surface area contributed by atoms with Crippen molar-refractivity contribution in [3.63, 3.8) is 0 Å². The van der Waals surface area contributed by atoms with E-state index in [1.54, 1.807) is 41.2 Å². The van der Waals surface area contributed by atoms with Crippen molar-refractivity contribution in [3.8, 4) is 5.75 Å². The van der Waals surface area contributed by atoms with Crippen molar-refractivity contribution in [1.29, 1.82) is 0 Å². The molecule has 2 saturated heterocycles.